The minimum absolute atomic E-state index is 0.271. The summed E-state index contributed by atoms with van der Waals surface area (Å²) in [7, 11) is 0. The van der Waals surface area contributed by atoms with Crippen LogP contribution in [0.2, 0.25) is 0 Å². The summed E-state index contributed by atoms with van der Waals surface area (Å²) in [5, 5.41) is 20.0. The van der Waals surface area contributed by atoms with E-state index in [1.165, 1.54) is 11.6 Å². The van der Waals surface area contributed by atoms with Crippen LogP contribution < -0.4 is 0 Å². The van der Waals surface area contributed by atoms with Crippen LogP contribution in [0.3, 0.4) is 0 Å². The van der Waals surface area contributed by atoms with E-state index in [4.69, 9.17) is 4.74 Å². The van der Waals surface area contributed by atoms with Crippen molar-refractivity contribution in [3.05, 3.63) is 48.0 Å². The Balaban J connectivity index is 1.57. The number of unbranched alkanes of at least 4 members (excludes halogenated alkanes) is 1. The predicted molar refractivity (Wildman–Crippen MR) is 88.9 cm³/mol. The van der Waals surface area contributed by atoms with Gasteiger partial charge in [-0.15, -0.1) is 0 Å². The molecule has 126 valence electrons. The first-order valence-corrected chi connectivity index (χ1v) is 8.40. The lowest BCUT2D eigenvalue weighted by Crippen LogP contribution is -2.27. The first-order chi connectivity index (χ1) is 11.1. The molecule has 0 spiro atoms. The van der Waals surface area contributed by atoms with Crippen LogP contribution in [0, 0.1) is 0 Å². The molecule has 1 heterocycles. The Hall–Kier alpha value is -1.65. The van der Waals surface area contributed by atoms with E-state index in [1.54, 1.807) is 6.08 Å². The molecule has 2 N–H and O–H groups in total. The third-order valence-electron chi connectivity index (χ3n) is 4.11. The van der Waals surface area contributed by atoms with Crippen molar-refractivity contribution in [3.63, 3.8) is 0 Å². The van der Waals surface area contributed by atoms with E-state index in [0.717, 1.165) is 19.3 Å². The van der Waals surface area contributed by atoms with Gasteiger partial charge in [0.05, 0.1) is 12.2 Å². The maximum Gasteiger partial charge on any atom is 0.330 e. The van der Waals surface area contributed by atoms with Crippen LogP contribution >= 0.6 is 0 Å². The van der Waals surface area contributed by atoms with Gasteiger partial charge in [0.2, 0.25) is 0 Å². The summed E-state index contributed by atoms with van der Waals surface area (Å²) in [6, 6.07) is 10.3. The monoisotopic (exact) mass is 318 g/mol. The van der Waals surface area contributed by atoms with Crippen molar-refractivity contribution in [1.29, 1.82) is 0 Å². The summed E-state index contributed by atoms with van der Waals surface area (Å²) in [4.78, 5) is 11.1. The number of hydrogen-bond donors (Lipinski definition) is 2. The first-order valence-electron chi connectivity index (χ1n) is 8.40. The van der Waals surface area contributed by atoms with Crippen LogP contribution in [0.4, 0.5) is 0 Å². The quantitative estimate of drug-likeness (QED) is 0.543. The molecule has 4 heteroatoms. The number of carbonyl (C=O) groups is 1. The molecule has 1 aromatic carbocycles. The molecule has 1 aliphatic rings. The first kappa shape index (κ1) is 17.7. The Labute approximate surface area is 137 Å². The van der Waals surface area contributed by atoms with Crippen molar-refractivity contribution in [2.24, 2.45) is 0 Å². The summed E-state index contributed by atoms with van der Waals surface area (Å²) < 4.78 is 5.12. The molecule has 1 aliphatic heterocycles. The van der Waals surface area contributed by atoms with Gasteiger partial charge in [-0.25, -0.2) is 4.79 Å². The minimum Gasteiger partial charge on any atom is -0.459 e. The smallest absolute Gasteiger partial charge is 0.330 e. The molecule has 23 heavy (non-hydrogen) atoms. The molecule has 0 saturated carbocycles. The summed E-state index contributed by atoms with van der Waals surface area (Å²) in [6.45, 7) is 0. The molecule has 0 radical (unpaired) electrons. The Morgan fingerprint density at radius 2 is 1.91 bits per heavy atom. The second-order valence-electron chi connectivity index (χ2n) is 6.21. The number of aryl methyl sites for hydroxylation is 1. The number of benzene rings is 1. The lowest BCUT2D eigenvalue weighted by molar-refractivity contribution is -0.145. The van der Waals surface area contributed by atoms with Crippen molar-refractivity contribution >= 4 is 5.97 Å². The zero-order valence-corrected chi connectivity index (χ0v) is 13.4. The van der Waals surface area contributed by atoms with E-state index in [0.29, 0.717) is 25.7 Å². The molecule has 3 atom stereocenters. The largest absolute Gasteiger partial charge is 0.459 e. The van der Waals surface area contributed by atoms with E-state index in [2.05, 4.69) is 12.1 Å². The average Bonchev–Trinajstić information content (AvgIpc) is 2.52. The maximum atomic E-state index is 11.1. The average molecular weight is 318 g/mol. The number of carbonyl (C=O) groups excluding carboxylic acids is 1. The van der Waals surface area contributed by atoms with Crippen molar-refractivity contribution < 1.29 is 19.7 Å². The molecular formula is C19H26O4. The van der Waals surface area contributed by atoms with Crippen molar-refractivity contribution in [1.82, 2.24) is 0 Å². The van der Waals surface area contributed by atoms with Gasteiger partial charge in [-0.3, -0.25) is 0 Å². The van der Waals surface area contributed by atoms with Crippen LogP contribution in [0.1, 0.15) is 44.1 Å². The van der Waals surface area contributed by atoms with Crippen LogP contribution in [0.15, 0.2) is 42.5 Å². The zero-order chi connectivity index (χ0) is 16.5. The fourth-order valence-corrected chi connectivity index (χ4v) is 2.90. The summed E-state index contributed by atoms with van der Waals surface area (Å²) in [5.41, 5.74) is 1.31. The van der Waals surface area contributed by atoms with Crippen molar-refractivity contribution in [3.8, 4) is 0 Å². The van der Waals surface area contributed by atoms with Crippen molar-refractivity contribution in [2.45, 2.75) is 63.3 Å². The van der Waals surface area contributed by atoms with Gasteiger partial charge < -0.3 is 14.9 Å². The lowest BCUT2D eigenvalue weighted by Gasteiger charge is -2.22. The highest BCUT2D eigenvalue weighted by Crippen LogP contribution is 2.17. The second kappa shape index (κ2) is 9.48. The van der Waals surface area contributed by atoms with Crippen LogP contribution in [-0.2, 0) is 16.0 Å². The number of esters is 1. The highest BCUT2D eigenvalue weighted by atomic mass is 16.5. The normalized spacial score (nSPS) is 20.1. The molecule has 0 unspecified atom stereocenters. The Morgan fingerprint density at radius 3 is 2.65 bits per heavy atom. The number of aliphatic hydroxyl groups excluding tert-OH is 2. The highest BCUT2D eigenvalue weighted by Gasteiger charge is 2.21. The van der Waals surface area contributed by atoms with Gasteiger partial charge in [0, 0.05) is 18.9 Å². The number of ether oxygens (including phenoxy) is 1. The Morgan fingerprint density at radius 1 is 1.13 bits per heavy atom. The van der Waals surface area contributed by atoms with E-state index in [1.807, 2.05) is 18.2 Å². The molecular weight excluding hydrogens is 292 g/mol. The van der Waals surface area contributed by atoms with E-state index >= 15 is 0 Å². The van der Waals surface area contributed by atoms with Crippen LogP contribution in [0.5, 0.6) is 0 Å². The van der Waals surface area contributed by atoms with E-state index in [9.17, 15) is 15.0 Å². The molecule has 0 aliphatic carbocycles. The fourth-order valence-electron chi connectivity index (χ4n) is 2.90. The van der Waals surface area contributed by atoms with Gasteiger partial charge in [0.1, 0.15) is 6.10 Å². The molecule has 2 rings (SSSR count). The van der Waals surface area contributed by atoms with Crippen LogP contribution in [0.25, 0.3) is 0 Å². The molecule has 0 fully saturated rings. The van der Waals surface area contributed by atoms with Gasteiger partial charge in [-0.05, 0) is 31.2 Å². The summed E-state index contributed by atoms with van der Waals surface area (Å²) in [6.07, 6.45) is 6.79. The zero-order valence-electron chi connectivity index (χ0n) is 13.4. The molecule has 0 amide bonds. The predicted octanol–water partition coefficient (Wildman–Crippen LogP) is 2.77. The van der Waals surface area contributed by atoms with Crippen molar-refractivity contribution in [2.75, 3.05) is 0 Å². The van der Waals surface area contributed by atoms with Gasteiger partial charge in [-0.1, -0.05) is 42.8 Å². The second-order valence-corrected chi connectivity index (χ2v) is 6.21. The SMILES string of the molecule is O=C1C=CC[C@H](C[C@@H](O)C[C@@H](O)CCCCc2ccccc2)O1. The maximum absolute atomic E-state index is 11.1. The molecule has 0 saturated heterocycles. The molecule has 1 aromatic rings. The Kier molecular flexibility index (Phi) is 7.30. The minimum atomic E-state index is -0.636. The molecule has 0 bridgehead atoms. The van der Waals surface area contributed by atoms with Gasteiger partial charge in [0.15, 0.2) is 0 Å². The van der Waals surface area contributed by atoms with Gasteiger partial charge >= 0.3 is 5.97 Å². The number of rotatable bonds is 9. The van der Waals surface area contributed by atoms with E-state index in [-0.39, 0.29) is 12.1 Å². The van der Waals surface area contributed by atoms with Gasteiger partial charge in [-0.2, -0.15) is 0 Å². The standard InChI is InChI=1S/C19H26O4/c20-16(10-5-4-9-15-7-2-1-3-8-15)13-17(21)14-18-11-6-12-19(22)23-18/h1-3,6-8,12,16-18,20-21H,4-5,9-11,13-14H2/t16-,17-,18+/m0/s1. The third-order valence-corrected chi connectivity index (χ3v) is 4.11. The number of hydrogen-bond acceptors (Lipinski definition) is 4. The topological polar surface area (TPSA) is 66.8 Å². The Bertz CT molecular complexity index is 497. The third kappa shape index (κ3) is 6.97. The van der Waals surface area contributed by atoms with Gasteiger partial charge in [0.25, 0.3) is 0 Å². The summed E-state index contributed by atoms with van der Waals surface area (Å²) >= 11 is 0. The highest BCUT2D eigenvalue weighted by molar-refractivity contribution is 5.82. The fraction of sp³-hybridized carbons (Fsp3) is 0.526. The number of cyclic esters (lactones) is 1. The lowest BCUT2D eigenvalue weighted by atomic mass is 9.99. The molecule has 0 aromatic heterocycles. The van der Waals surface area contributed by atoms with E-state index < -0.39 is 12.2 Å². The molecule has 4 nitrogen and oxygen atoms in total. The van der Waals surface area contributed by atoms with Crippen LogP contribution in [-0.4, -0.2) is 34.5 Å². The summed E-state index contributed by atoms with van der Waals surface area (Å²) in [5.74, 6) is -0.352. The number of aliphatic hydroxyl groups is 2.